The standard InChI is InChI=1S/C21H25N3O5/c1-4-13(2)16-7-5-6-8-17(16)24-11-15(10-20(24)26)21(27)28-12-19(25)22-18-9-14(3)29-23-18/h5-9,13,15H,4,10-12H2,1-3H3,(H,22,23,25)/t13-,15+/m1/s1. The van der Waals surface area contributed by atoms with E-state index in [9.17, 15) is 14.4 Å². The van der Waals surface area contributed by atoms with E-state index < -0.39 is 24.4 Å². The molecule has 2 heterocycles. The predicted octanol–water partition coefficient (Wildman–Crippen LogP) is 3.03. The quantitative estimate of drug-likeness (QED) is 0.718. The number of nitrogens with one attached hydrogen (secondary N) is 1. The van der Waals surface area contributed by atoms with Crippen molar-refractivity contribution in [1.82, 2.24) is 5.16 Å². The number of para-hydroxylation sites is 1. The number of amides is 2. The van der Waals surface area contributed by atoms with Gasteiger partial charge in [0.05, 0.1) is 5.92 Å². The average molecular weight is 399 g/mol. The average Bonchev–Trinajstić information content (AvgIpc) is 3.30. The van der Waals surface area contributed by atoms with Crippen LogP contribution >= 0.6 is 0 Å². The van der Waals surface area contributed by atoms with Crippen molar-refractivity contribution in [2.75, 3.05) is 23.4 Å². The van der Waals surface area contributed by atoms with E-state index >= 15 is 0 Å². The molecule has 0 bridgehead atoms. The van der Waals surface area contributed by atoms with Gasteiger partial charge in [-0.3, -0.25) is 14.4 Å². The lowest BCUT2D eigenvalue weighted by Crippen LogP contribution is -2.29. The van der Waals surface area contributed by atoms with E-state index in [4.69, 9.17) is 9.26 Å². The molecule has 8 heteroatoms. The van der Waals surface area contributed by atoms with Crippen molar-refractivity contribution in [2.45, 2.75) is 39.5 Å². The van der Waals surface area contributed by atoms with Crippen molar-refractivity contribution in [2.24, 2.45) is 5.92 Å². The fourth-order valence-electron chi connectivity index (χ4n) is 3.33. The second-order valence-corrected chi connectivity index (χ2v) is 7.25. The molecule has 1 aromatic heterocycles. The summed E-state index contributed by atoms with van der Waals surface area (Å²) in [4.78, 5) is 38.5. The number of benzene rings is 1. The van der Waals surface area contributed by atoms with Gasteiger partial charge in [0.2, 0.25) is 5.91 Å². The van der Waals surface area contributed by atoms with Crippen molar-refractivity contribution in [3.05, 3.63) is 41.7 Å². The Morgan fingerprint density at radius 1 is 1.38 bits per heavy atom. The highest BCUT2D eigenvalue weighted by Gasteiger charge is 2.37. The number of aryl methyl sites for hydroxylation is 1. The molecular weight excluding hydrogens is 374 g/mol. The molecule has 2 atom stereocenters. The Morgan fingerprint density at radius 3 is 2.83 bits per heavy atom. The van der Waals surface area contributed by atoms with Crippen molar-refractivity contribution in [3.8, 4) is 0 Å². The number of aromatic nitrogens is 1. The van der Waals surface area contributed by atoms with E-state index in [-0.39, 0.29) is 24.7 Å². The van der Waals surface area contributed by atoms with E-state index in [1.54, 1.807) is 17.9 Å². The minimum Gasteiger partial charge on any atom is -0.455 e. The Morgan fingerprint density at radius 2 is 2.14 bits per heavy atom. The topological polar surface area (TPSA) is 102 Å². The number of ether oxygens (including phenoxy) is 1. The maximum atomic E-state index is 12.6. The van der Waals surface area contributed by atoms with Crippen LogP contribution in [0.2, 0.25) is 0 Å². The molecule has 29 heavy (non-hydrogen) atoms. The van der Waals surface area contributed by atoms with Crippen LogP contribution in [0.15, 0.2) is 34.9 Å². The number of hydrogen-bond donors (Lipinski definition) is 1. The van der Waals surface area contributed by atoms with Crippen LogP contribution in [0.4, 0.5) is 11.5 Å². The van der Waals surface area contributed by atoms with Crippen LogP contribution < -0.4 is 10.2 Å². The van der Waals surface area contributed by atoms with Gasteiger partial charge in [0.25, 0.3) is 5.91 Å². The number of carbonyl (C=O) groups excluding carboxylic acids is 3. The minimum atomic E-state index is -0.602. The first kappa shape index (κ1) is 20.6. The van der Waals surface area contributed by atoms with Gasteiger partial charge in [0.1, 0.15) is 5.76 Å². The summed E-state index contributed by atoms with van der Waals surface area (Å²) in [7, 11) is 0. The SMILES string of the molecule is CC[C@@H](C)c1ccccc1N1C[C@@H](C(=O)OCC(=O)Nc2cc(C)on2)CC1=O. The second-order valence-electron chi connectivity index (χ2n) is 7.25. The molecule has 1 N–H and O–H groups in total. The Kier molecular flexibility index (Phi) is 6.31. The van der Waals surface area contributed by atoms with E-state index in [1.807, 2.05) is 24.3 Å². The lowest BCUT2D eigenvalue weighted by molar-refractivity contribution is -0.151. The molecule has 1 aromatic carbocycles. The largest absolute Gasteiger partial charge is 0.455 e. The number of nitrogens with zero attached hydrogens (tertiary/aromatic N) is 2. The Balaban J connectivity index is 1.58. The van der Waals surface area contributed by atoms with Gasteiger partial charge in [0, 0.05) is 24.7 Å². The highest BCUT2D eigenvalue weighted by atomic mass is 16.5. The summed E-state index contributed by atoms with van der Waals surface area (Å²) in [6, 6.07) is 9.31. The molecule has 2 aromatic rings. The number of esters is 1. The Labute approximate surface area is 169 Å². The summed E-state index contributed by atoms with van der Waals surface area (Å²) >= 11 is 0. The minimum absolute atomic E-state index is 0.0672. The van der Waals surface area contributed by atoms with Crippen LogP contribution in [0.5, 0.6) is 0 Å². The van der Waals surface area contributed by atoms with E-state index in [1.165, 1.54) is 0 Å². The van der Waals surface area contributed by atoms with Crippen LogP contribution in [0, 0.1) is 12.8 Å². The van der Waals surface area contributed by atoms with Gasteiger partial charge in [0.15, 0.2) is 12.4 Å². The zero-order chi connectivity index (χ0) is 21.0. The maximum Gasteiger partial charge on any atom is 0.311 e. The number of carbonyl (C=O) groups is 3. The fraction of sp³-hybridized carbons (Fsp3) is 0.429. The zero-order valence-electron chi connectivity index (χ0n) is 16.8. The van der Waals surface area contributed by atoms with Crippen LogP contribution in [0.1, 0.15) is 43.9 Å². The van der Waals surface area contributed by atoms with E-state index in [2.05, 4.69) is 24.3 Å². The molecule has 1 fully saturated rings. The second kappa shape index (κ2) is 8.89. The first-order valence-corrected chi connectivity index (χ1v) is 9.68. The smallest absolute Gasteiger partial charge is 0.311 e. The molecular formula is C21H25N3O5. The summed E-state index contributed by atoms with van der Waals surface area (Å²) < 4.78 is 9.97. The first-order chi connectivity index (χ1) is 13.9. The molecule has 1 aliphatic rings. The highest BCUT2D eigenvalue weighted by Crippen LogP contribution is 2.33. The summed E-state index contributed by atoms with van der Waals surface area (Å²) in [5.41, 5.74) is 1.92. The molecule has 0 saturated carbocycles. The maximum absolute atomic E-state index is 12.6. The van der Waals surface area contributed by atoms with Crippen molar-refractivity contribution in [1.29, 1.82) is 0 Å². The molecule has 0 aliphatic carbocycles. The molecule has 0 spiro atoms. The molecule has 3 rings (SSSR count). The summed E-state index contributed by atoms with van der Waals surface area (Å²) in [5, 5.41) is 6.12. The van der Waals surface area contributed by atoms with Gasteiger partial charge in [-0.05, 0) is 30.9 Å². The van der Waals surface area contributed by atoms with Crippen molar-refractivity contribution >= 4 is 29.3 Å². The van der Waals surface area contributed by atoms with Gasteiger partial charge in [-0.15, -0.1) is 0 Å². The van der Waals surface area contributed by atoms with Crippen LogP contribution in [-0.4, -0.2) is 36.1 Å². The van der Waals surface area contributed by atoms with Crippen LogP contribution in [0.3, 0.4) is 0 Å². The monoisotopic (exact) mass is 399 g/mol. The van der Waals surface area contributed by atoms with Crippen molar-refractivity contribution < 1.29 is 23.6 Å². The van der Waals surface area contributed by atoms with Crippen LogP contribution in [-0.2, 0) is 19.1 Å². The van der Waals surface area contributed by atoms with Gasteiger partial charge in [-0.1, -0.05) is 37.2 Å². The lowest BCUT2D eigenvalue weighted by atomic mass is 9.96. The molecule has 0 unspecified atom stereocenters. The third-order valence-electron chi connectivity index (χ3n) is 5.07. The van der Waals surface area contributed by atoms with Gasteiger partial charge in [-0.25, -0.2) is 0 Å². The molecule has 1 saturated heterocycles. The summed E-state index contributed by atoms with van der Waals surface area (Å²) in [5.74, 6) is -0.691. The number of rotatable bonds is 7. The number of hydrogen-bond acceptors (Lipinski definition) is 6. The van der Waals surface area contributed by atoms with E-state index in [0.717, 1.165) is 17.7 Å². The molecule has 2 amide bonds. The summed E-state index contributed by atoms with van der Waals surface area (Å²) in [6.45, 7) is 5.71. The summed E-state index contributed by atoms with van der Waals surface area (Å²) in [6.07, 6.45) is 1.02. The van der Waals surface area contributed by atoms with Gasteiger partial charge >= 0.3 is 5.97 Å². The normalized spacial score (nSPS) is 17.3. The van der Waals surface area contributed by atoms with Gasteiger partial charge < -0.3 is 19.5 Å². The highest BCUT2D eigenvalue weighted by molar-refractivity contribution is 6.00. The Hall–Kier alpha value is -3.16. The molecule has 154 valence electrons. The first-order valence-electron chi connectivity index (χ1n) is 9.68. The predicted molar refractivity (Wildman–Crippen MR) is 106 cm³/mol. The van der Waals surface area contributed by atoms with Crippen molar-refractivity contribution in [3.63, 3.8) is 0 Å². The molecule has 8 nitrogen and oxygen atoms in total. The van der Waals surface area contributed by atoms with Gasteiger partial charge in [-0.2, -0.15) is 0 Å². The third kappa shape index (κ3) is 4.82. The third-order valence-corrected chi connectivity index (χ3v) is 5.07. The number of anilines is 2. The van der Waals surface area contributed by atoms with Crippen LogP contribution in [0.25, 0.3) is 0 Å². The molecule has 1 aliphatic heterocycles. The lowest BCUT2D eigenvalue weighted by Gasteiger charge is -2.23. The zero-order valence-corrected chi connectivity index (χ0v) is 16.8. The fourth-order valence-corrected chi connectivity index (χ4v) is 3.33. The Bertz CT molecular complexity index is 907. The molecule has 0 radical (unpaired) electrons. The van der Waals surface area contributed by atoms with E-state index in [0.29, 0.717) is 11.7 Å².